The molecule has 5 rings (SSSR count). The number of fused-ring (bicyclic) bond motifs is 2. The van der Waals surface area contributed by atoms with Gasteiger partial charge in [-0.3, -0.25) is 9.36 Å². The SMILES string of the molecule is CCOC(=O)C1=C(C)N=c2s/c(=C/c3c(OC)ccc4ccccc34)c(=O)n2[C@H]1c1ccc(Br)cc1. The van der Waals surface area contributed by atoms with Gasteiger partial charge in [-0.05, 0) is 54.5 Å². The molecule has 0 radical (unpaired) electrons. The molecule has 1 aliphatic heterocycles. The number of aromatic nitrogens is 1. The molecule has 0 fully saturated rings. The van der Waals surface area contributed by atoms with Crippen LogP contribution in [0.1, 0.15) is 31.0 Å². The van der Waals surface area contributed by atoms with Gasteiger partial charge in [0.25, 0.3) is 5.56 Å². The highest BCUT2D eigenvalue weighted by molar-refractivity contribution is 9.10. The summed E-state index contributed by atoms with van der Waals surface area (Å²) in [5.41, 5.74) is 2.29. The summed E-state index contributed by atoms with van der Waals surface area (Å²) in [6.45, 7) is 3.77. The van der Waals surface area contributed by atoms with Gasteiger partial charge in [0.15, 0.2) is 4.80 Å². The molecule has 0 saturated heterocycles. The van der Waals surface area contributed by atoms with Gasteiger partial charge in [-0.1, -0.05) is 69.7 Å². The van der Waals surface area contributed by atoms with Crippen LogP contribution in [-0.4, -0.2) is 24.3 Å². The van der Waals surface area contributed by atoms with Crippen LogP contribution in [0.25, 0.3) is 16.8 Å². The number of nitrogens with zero attached hydrogens (tertiary/aromatic N) is 2. The number of allylic oxidation sites excluding steroid dienone is 1. The normalized spacial score (nSPS) is 15.6. The summed E-state index contributed by atoms with van der Waals surface area (Å²) in [6, 6.07) is 18.8. The van der Waals surface area contributed by atoms with E-state index in [4.69, 9.17) is 9.47 Å². The number of carbonyl (C=O) groups is 1. The minimum atomic E-state index is -0.648. The van der Waals surface area contributed by atoms with Crippen LogP contribution in [0, 0.1) is 0 Å². The van der Waals surface area contributed by atoms with Gasteiger partial charge in [-0.25, -0.2) is 9.79 Å². The first kappa shape index (κ1) is 24.2. The number of carbonyl (C=O) groups excluding carboxylic acids is 1. The second-order valence-corrected chi connectivity index (χ2v) is 10.2. The third-order valence-corrected chi connectivity index (χ3v) is 7.64. The second kappa shape index (κ2) is 9.87. The van der Waals surface area contributed by atoms with Gasteiger partial charge in [0.05, 0.1) is 35.6 Å². The highest BCUT2D eigenvalue weighted by atomic mass is 79.9. The highest BCUT2D eigenvalue weighted by Gasteiger charge is 2.33. The van der Waals surface area contributed by atoms with E-state index in [9.17, 15) is 9.59 Å². The summed E-state index contributed by atoms with van der Waals surface area (Å²) in [4.78, 5) is 32.1. The lowest BCUT2D eigenvalue weighted by Crippen LogP contribution is -2.39. The number of hydrogen-bond acceptors (Lipinski definition) is 6. The van der Waals surface area contributed by atoms with Crippen molar-refractivity contribution in [2.24, 2.45) is 4.99 Å². The van der Waals surface area contributed by atoms with Crippen molar-refractivity contribution in [2.75, 3.05) is 13.7 Å². The zero-order valence-electron chi connectivity index (χ0n) is 19.9. The summed E-state index contributed by atoms with van der Waals surface area (Å²) in [5, 5.41) is 2.03. The predicted molar refractivity (Wildman–Crippen MR) is 145 cm³/mol. The Hall–Kier alpha value is -3.49. The molecular weight excluding hydrogens is 540 g/mol. The van der Waals surface area contributed by atoms with E-state index >= 15 is 0 Å². The van der Waals surface area contributed by atoms with Gasteiger partial charge >= 0.3 is 5.97 Å². The lowest BCUT2D eigenvalue weighted by molar-refractivity contribution is -0.139. The monoisotopic (exact) mass is 562 g/mol. The molecule has 0 bridgehead atoms. The number of ether oxygens (including phenoxy) is 2. The Labute approximate surface area is 220 Å². The van der Waals surface area contributed by atoms with Crippen LogP contribution >= 0.6 is 27.3 Å². The van der Waals surface area contributed by atoms with Crippen LogP contribution in [0.2, 0.25) is 0 Å². The van der Waals surface area contributed by atoms with Gasteiger partial charge in [0.1, 0.15) is 5.75 Å². The molecule has 0 N–H and O–H groups in total. The van der Waals surface area contributed by atoms with E-state index in [1.54, 1.807) is 25.5 Å². The standard InChI is InChI=1S/C28H23BrN2O4S/c1-4-35-27(33)24-16(2)30-28-31(25(24)18-9-12-19(29)13-10-18)26(32)23(36-28)15-21-20-8-6-5-7-17(20)11-14-22(21)34-3/h5-15,25H,4H2,1-3H3/b23-15+/t25-/m0/s1. The number of halogens is 1. The molecule has 0 spiro atoms. The second-order valence-electron chi connectivity index (χ2n) is 8.26. The number of hydrogen-bond donors (Lipinski definition) is 0. The average molecular weight is 563 g/mol. The van der Waals surface area contributed by atoms with Gasteiger partial charge in [-0.2, -0.15) is 0 Å². The molecule has 8 heteroatoms. The fourth-order valence-electron chi connectivity index (χ4n) is 4.49. The van der Waals surface area contributed by atoms with Gasteiger partial charge < -0.3 is 9.47 Å². The fourth-order valence-corrected chi connectivity index (χ4v) is 5.78. The zero-order chi connectivity index (χ0) is 25.4. The maximum Gasteiger partial charge on any atom is 0.338 e. The molecule has 0 amide bonds. The Morgan fingerprint density at radius 3 is 2.61 bits per heavy atom. The lowest BCUT2D eigenvalue weighted by atomic mass is 9.96. The first-order valence-electron chi connectivity index (χ1n) is 11.4. The molecule has 6 nitrogen and oxygen atoms in total. The Morgan fingerprint density at radius 1 is 1.14 bits per heavy atom. The van der Waals surface area contributed by atoms with E-state index in [0.29, 0.717) is 26.4 Å². The molecule has 4 aromatic rings. The summed E-state index contributed by atoms with van der Waals surface area (Å²) >= 11 is 4.76. The molecule has 1 aliphatic rings. The maximum atomic E-state index is 13.9. The minimum Gasteiger partial charge on any atom is -0.496 e. The van der Waals surface area contributed by atoms with Gasteiger partial charge in [0, 0.05) is 10.0 Å². The Bertz CT molecular complexity index is 1700. The molecule has 3 aromatic carbocycles. The summed E-state index contributed by atoms with van der Waals surface area (Å²) in [6.07, 6.45) is 1.85. The van der Waals surface area contributed by atoms with E-state index in [0.717, 1.165) is 26.4 Å². The van der Waals surface area contributed by atoms with Crippen molar-refractivity contribution in [2.45, 2.75) is 19.9 Å². The first-order chi connectivity index (χ1) is 17.4. The summed E-state index contributed by atoms with van der Waals surface area (Å²) in [5.74, 6) is 0.198. The van der Waals surface area contributed by atoms with Crippen LogP contribution in [0.3, 0.4) is 0 Å². The molecular formula is C28H23BrN2O4S. The molecule has 1 atom stereocenters. The molecule has 2 heterocycles. The number of esters is 1. The van der Waals surface area contributed by atoms with Gasteiger partial charge in [0.2, 0.25) is 0 Å². The molecule has 36 heavy (non-hydrogen) atoms. The number of methoxy groups -OCH3 is 1. The molecule has 0 unspecified atom stereocenters. The van der Waals surface area contributed by atoms with Crippen LogP contribution in [0.15, 0.2) is 86.2 Å². The third kappa shape index (κ3) is 4.20. The highest BCUT2D eigenvalue weighted by Crippen LogP contribution is 2.32. The minimum absolute atomic E-state index is 0.226. The number of benzene rings is 3. The number of thiazole rings is 1. The van der Waals surface area contributed by atoms with Crippen molar-refractivity contribution in [1.82, 2.24) is 4.57 Å². The average Bonchev–Trinajstić information content (AvgIpc) is 3.18. The largest absolute Gasteiger partial charge is 0.496 e. The van der Waals surface area contributed by atoms with E-state index in [2.05, 4.69) is 20.9 Å². The van der Waals surface area contributed by atoms with E-state index in [1.807, 2.05) is 66.7 Å². The Balaban J connectivity index is 1.78. The van der Waals surface area contributed by atoms with Gasteiger partial charge in [-0.15, -0.1) is 0 Å². The van der Waals surface area contributed by atoms with E-state index in [-0.39, 0.29) is 12.2 Å². The summed E-state index contributed by atoms with van der Waals surface area (Å²) in [7, 11) is 1.62. The zero-order valence-corrected chi connectivity index (χ0v) is 22.4. The molecule has 0 aliphatic carbocycles. The van der Waals surface area contributed by atoms with Crippen molar-refractivity contribution in [3.8, 4) is 5.75 Å². The molecule has 1 aromatic heterocycles. The predicted octanol–water partition coefficient (Wildman–Crippen LogP) is 4.72. The maximum absolute atomic E-state index is 13.9. The molecule has 0 saturated carbocycles. The van der Waals surface area contributed by atoms with Crippen molar-refractivity contribution in [1.29, 1.82) is 0 Å². The van der Waals surface area contributed by atoms with Crippen LogP contribution in [0.4, 0.5) is 0 Å². The van der Waals surface area contributed by atoms with Crippen LogP contribution < -0.4 is 19.6 Å². The van der Waals surface area contributed by atoms with E-state index in [1.165, 1.54) is 11.3 Å². The van der Waals surface area contributed by atoms with Crippen molar-refractivity contribution in [3.05, 3.63) is 107 Å². The quantitative estimate of drug-likeness (QED) is 0.330. The smallest absolute Gasteiger partial charge is 0.338 e. The molecule has 182 valence electrons. The van der Waals surface area contributed by atoms with Crippen molar-refractivity contribution < 1.29 is 14.3 Å². The topological polar surface area (TPSA) is 69.9 Å². The van der Waals surface area contributed by atoms with Crippen molar-refractivity contribution >= 4 is 50.1 Å². The van der Waals surface area contributed by atoms with Crippen LogP contribution in [-0.2, 0) is 9.53 Å². The Kier molecular flexibility index (Phi) is 6.64. The summed E-state index contributed by atoms with van der Waals surface area (Å²) < 4.78 is 14.0. The third-order valence-electron chi connectivity index (χ3n) is 6.13. The fraction of sp³-hybridized carbons (Fsp3) is 0.179. The number of rotatable bonds is 5. The van der Waals surface area contributed by atoms with Crippen molar-refractivity contribution in [3.63, 3.8) is 0 Å². The first-order valence-corrected chi connectivity index (χ1v) is 13.0. The van der Waals surface area contributed by atoms with E-state index < -0.39 is 12.0 Å². The Morgan fingerprint density at radius 2 is 1.89 bits per heavy atom. The van der Waals surface area contributed by atoms with Crippen LogP contribution in [0.5, 0.6) is 5.75 Å². The lowest BCUT2D eigenvalue weighted by Gasteiger charge is -2.24.